The third-order valence-corrected chi connectivity index (χ3v) is 5.86. The van der Waals surface area contributed by atoms with E-state index in [0.29, 0.717) is 26.2 Å². The van der Waals surface area contributed by atoms with Gasteiger partial charge in [-0.05, 0) is 41.0 Å². The van der Waals surface area contributed by atoms with Gasteiger partial charge in [-0.2, -0.15) is 0 Å². The van der Waals surface area contributed by atoms with E-state index in [4.69, 9.17) is 4.74 Å². The molecule has 0 aliphatic carbocycles. The molecular formula is C28H28F2N2O2. The van der Waals surface area contributed by atoms with Crippen molar-refractivity contribution in [2.45, 2.75) is 6.10 Å². The van der Waals surface area contributed by atoms with E-state index in [1.807, 2.05) is 35.2 Å². The lowest BCUT2D eigenvalue weighted by molar-refractivity contribution is -0.136. The van der Waals surface area contributed by atoms with Gasteiger partial charge in [-0.1, -0.05) is 66.7 Å². The van der Waals surface area contributed by atoms with Crippen LogP contribution in [-0.2, 0) is 9.53 Å². The third-order valence-electron chi connectivity index (χ3n) is 5.86. The van der Waals surface area contributed by atoms with Gasteiger partial charge in [-0.15, -0.1) is 0 Å². The van der Waals surface area contributed by atoms with E-state index in [9.17, 15) is 13.6 Å². The summed E-state index contributed by atoms with van der Waals surface area (Å²) in [5.41, 5.74) is 2.69. The van der Waals surface area contributed by atoms with Crippen molar-refractivity contribution in [3.05, 3.63) is 113 Å². The Morgan fingerprint density at radius 2 is 1.47 bits per heavy atom. The maximum absolute atomic E-state index is 13.4. The fourth-order valence-electron chi connectivity index (χ4n) is 3.99. The second kappa shape index (κ2) is 11.7. The van der Waals surface area contributed by atoms with Gasteiger partial charge >= 0.3 is 0 Å². The Kier molecular flexibility index (Phi) is 8.17. The van der Waals surface area contributed by atoms with Gasteiger partial charge in [0.25, 0.3) is 0 Å². The van der Waals surface area contributed by atoms with Crippen LogP contribution in [0.3, 0.4) is 0 Å². The second-order valence-corrected chi connectivity index (χ2v) is 8.28. The summed E-state index contributed by atoms with van der Waals surface area (Å²) in [7, 11) is 0. The average Bonchev–Trinajstić information content (AvgIpc) is 2.85. The van der Waals surface area contributed by atoms with Crippen LogP contribution in [0.2, 0.25) is 0 Å². The predicted octanol–water partition coefficient (Wildman–Crippen LogP) is 4.93. The van der Waals surface area contributed by atoms with Gasteiger partial charge < -0.3 is 9.64 Å². The van der Waals surface area contributed by atoms with Crippen LogP contribution in [0.1, 0.15) is 22.8 Å². The monoisotopic (exact) mass is 462 g/mol. The minimum absolute atomic E-state index is 0.0723. The van der Waals surface area contributed by atoms with Crippen molar-refractivity contribution >= 4 is 12.0 Å². The SMILES string of the molecule is O=C1CN(CC=Cc2ccccc2)CCN1CCOC(c1ccc(F)cc1)c1ccc(F)cc1. The first-order chi connectivity index (χ1) is 16.6. The zero-order valence-electron chi connectivity index (χ0n) is 18.9. The molecule has 0 aromatic heterocycles. The maximum atomic E-state index is 13.4. The summed E-state index contributed by atoms with van der Waals surface area (Å²) in [5, 5.41) is 0. The topological polar surface area (TPSA) is 32.8 Å². The quantitative estimate of drug-likeness (QED) is 0.452. The molecule has 0 radical (unpaired) electrons. The van der Waals surface area contributed by atoms with Crippen molar-refractivity contribution in [3.8, 4) is 0 Å². The molecule has 1 aliphatic rings. The molecule has 6 heteroatoms. The minimum atomic E-state index is -0.472. The molecule has 1 aliphatic heterocycles. The molecule has 34 heavy (non-hydrogen) atoms. The van der Waals surface area contributed by atoms with E-state index in [1.54, 1.807) is 24.3 Å². The summed E-state index contributed by atoms with van der Waals surface area (Å²) < 4.78 is 32.9. The Morgan fingerprint density at radius 1 is 0.853 bits per heavy atom. The Labute approximate surface area is 199 Å². The minimum Gasteiger partial charge on any atom is -0.367 e. The number of ether oxygens (including phenoxy) is 1. The Balaban J connectivity index is 1.29. The molecule has 0 unspecified atom stereocenters. The fourth-order valence-corrected chi connectivity index (χ4v) is 3.99. The molecule has 176 valence electrons. The van der Waals surface area contributed by atoms with E-state index in [-0.39, 0.29) is 17.5 Å². The molecule has 4 nitrogen and oxygen atoms in total. The number of nitrogens with zero attached hydrogens (tertiary/aromatic N) is 2. The molecule has 0 spiro atoms. The number of amides is 1. The van der Waals surface area contributed by atoms with Gasteiger partial charge in [0.1, 0.15) is 17.7 Å². The molecule has 1 amide bonds. The van der Waals surface area contributed by atoms with Crippen LogP contribution >= 0.6 is 0 Å². The smallest absolute Gasteiger partial charge is 0.236 e. The first kappa shape index (κ1) is 23.8. The zero-order chi connectivity index (χ0) is 23.8. The summed E-state index contributed by atoms with van der Waals surface area (Å²) in [4.78, 5) is 16.6. The molecule has 3 aromatic rings. The second-order valence-electron chi connectivity index (χ2n) is 8.28. The normalized spacial score (nSPS) is 14.9. The molecule has 0 bridgehead atoms. The van der Waals surface area contributed by atoms with Crippen LogP contribution < -0.4 is 0 Å². The first-order valence-corrected chi connectivity index (χ1v) is 11.4. The van der Waals surface area contributed by atoms with Crippen LogP contribution in [-0.4, -0.2) is 55.0 Å². The van der Waals surface area contributed by atoms with E-state index in [1.165, 1.54) is 24.3 Å². The molecular weight excluding hydrogens is 434 g/mol. The summed E-state index contributed by atoms with van der Waals surface area (Å²) in [6.07, 6.45) is 3.67. The lowest BCUT2D eigenvalue weighted by atomic mass is 10.0. The molecule has 3 aromatic carbocycles. The molecule has 4 rings (SSSR count). The number of carbonyl (C=O) groups is 1. The van der Waals surface area contributed by atoms with Crippen molar-refractivity contribution in [2.75, 3.05) is 39.3 Å². The van der Waals surface area contributed by atoms with Crippen molar-refractivity contribution in [1.82, 2.24) is 9.80 Å². The highest BCUT2D eigenvalue weighted by Crippen LogP contribution is 2.26. The summed E-state index contributed by atoms with van der Waals surface area (Å²) in [5.74, 6) is -0.588. The lowest BCUT2D eigenvalue weighted by Gasteiger charge is -2.34. The van der Waals surface area contributed by atoms with Gasteiger partial charge in [0.05, 0.1) is 13.2 Å². The maximum Gasteiger partial charge on any atom is 0.236 e. The Morgan fingerprint density at radius 3 is 2.06 bits per heavy atom. The van der Waals surface area contributed by atoms with Gasteiger partial charge in [0.15, 0.2) is 0 Å². The molecule has 0 atom stereocenters. The summed E-state index contributed by atoms with van der Waals surface area (Å²) in [6.45, 7) is 3.31. The van der Waals surface area contributed by atoms with Gasteiger partial charge in [0, 0.05) is 26.2 Å². The first-order valence-electron chi connectivity index (χ1n) is 11.4. The van der Waals surface area contributed by atoms with E-state index < -0.39 is 6.10 Å². The number of halogens is 2. The van der Waals surface area contributed by atoms with Crippen LogP contribution in [0.25, 0.3) is 6.08 Å². The number of rotatable bonds is 9. The van der Waals surface area contributed by atoms with E-state index in [2.05, 4.69) is 17.1 Å². The Bertz CT molecular complexity index is 1040. The zero-order valence-corrected chi connectivity index (χ0v) is 18.9. The third kappa shape index (κ3) is 6.59. The van der Waals surface area contributed by atoms with Crippen molar-refractivity contribution in [2.24, 2.45) is 0 Å². The van der Waals surface area contributed by atoms with Crippen molar-refractivity contribution < 1.29 is 18.3 Å². The highest BCUT2D eigenvalue weighted by molar-refractivity contribution is 5.79. The summed E-state index contributed by atoms with van der Waals surface area (Å²) >= 11 is 0. The largest absolute Gasteiger partial charge is 0.367 e. The number of hydrogen-bond acceptors (Lipinski definition) is 3. The van der Waals surface area contributed by atoms with Crippen molar-refractivity contribution in [3.63, 3.8) is 0 Å². The van der Waals surface area contributed by atoms with E-state index in [0.717, 1.165) is 29.8 Å². The number of benzene rings is 3. The summed E-state index contributed by atoms with van der Waals surface area (Å²) in [6, 6.07) is 22.2. The lowest BCUT2D eigenvalue weighted by Crippen LogP contribution is -2.51. The highest BCUT2D eigenvalue weighted by Gasteiger charge is 2.23. The Hall–Kier alpha value is -3.35. The van der Waals surface area contributed by atoms with Crippen LogP contribution in [0.5, 0.6) is 0 Å². The fraction of sp³-hybridized carbons (Fsp3) is 0.250. The molecule has 0 saturated carbocycles. The predicted molar refractivity (Wildman–Crippen MR) is 129 cm³/mol. The number of carbonyl (C=O) groups excluding carboxylic acids is 1. The van der Waals surface area contributed by atoms with Crippen molar-refractivity contribution in [1.29, 1.82) is 0 Å². The molecule has 0 N–H and O–H groups in total. The highest BCUT2D eigenvalue weighted by atomic mass is 19.1. The van der Waals surface area contributed by atoms with Gasteiger partial charge in [0.2, 0.25) is 5.91 Å². The van der Waals surface area contributed by atoms with E-state index >= 15 is 0 Å². The number of piperazine rings is 1. The van der Waals surface area contributed by atoms with Gasteiger partial charge in [-0.3, -0.25) is 9.69 Å². The number of hydrogen-bond donors (Lipinski definition) is 0. The standard InChI is InChI=1S/C28H28F2N2O2/c29-25-12-8-23(9-13-25)28(24-10-14-26(30)15-11-24)34-20-19-32-18-17-31(21-27(32)33)16-4-7-22-5-2-1-3-6-22/h1-15,28H,16-21H2. The molecule has 1 fully saturated rings. The average molecular weight is 463 g/mol. The van der Waals surface area contributed by atoms with Gasteiger partial charge in [-0.25, -0.2) is 8.78 Å². The van der Waals surface area contributed by atoms with Crippen LogP contribution in [0, 0.1) is 11.6 Å². The van der Waals surface area contributed by atoms with Crippen LogP contribution in [0.4, 0.5) is 8.78 Å². The van der Waals surface area contributed by atoms with Crippen LogP contribution in [0.15, 0.2) is 84.9 Å². The molecule has 1 heterocycles. The molecule has 1 saturated heterocycles.